The lowest BCUT2D eigenvalue weighted by atomic mass is 10.0. The predicted molar refractivity (Wildman–Crippen MR) is 156 cm³/mol. The second-order valence-corrected chi connectivity index (χ2v) is 9.00. The van der Waals surface area contributed by atoms with E-state index in [1.165, 1.54) is 6.42 Å². The Morgan fingerprint density at radius 2 is 1.11 bits per heavy atom. The second-order valence-electron chi connectivity index (χ2n) is 9.00. The Morgan fingerprint density at radius 3 is 1.56 bits per heavy atom. The molecule has 2 aromatic rings. The summed E-state index contributed by atoms with van der Waals surface area (Å²) in [7, 11) is 0. The number of para-hydroxylation sites is 2. The van der Waals surface area contributed by atoms with Crippen molar-refractivity contribution in [1.82, 2.24) is 0 Å². The molecule has 0 saturated carbocycles. The van der Waals surface area contributed by atoms with Gasteiger partial charge in [0.15, 0.2) is 0 Å². The van der Waals surface area contributed by atoms with Crippen molar-refractivity contribution in [2.24, 2.45) is 5.92 Å². The molecule has 0 aliphatic rings. The molecule has 0 atom stereocenters. The highest BCUT2D eigenvalue weighted by Crippen LogP contribution is 2.17. The third-order valence-electron chi connectivity index (χ3n) is 4.92. The molecule has 0 radical (unpaired) electrons. The topological polar surface area (TPSA) is 47.9 Å². The normalized spacial score (nSPS) is 10.2. The van der Waals surface area contributed by atoms with Gasteiger partial charge in [-0.3, -0.25) is 0 Å². The van der Waals surface area contributed by atoms with Crippen LogP contribution in [-0.2, 0) is 4.74 Å². The molecule has 0 aliphatic heterocycles. The summed E-state index contributed by atoms with van der Waals surface area (Å²) in [5, 5.41) is 8.81. The van der Waals surface area contributed by atoms with Gasteiger partial charge in [0.05, 0.1) is 18.8 Å². The minimum atomic E-state index is -0.136. The third-order valence-corrected chi connectivity index (χ3v) is 4.92. The first-order valence-electron chi connectivity index (χ1n) is 14.0. The number of aliphatic hydroxyl groups excluding tert-OH is 1. The fourth-order valence-corrected chi connectivity index (χ4v) is 3.03. The minimum Gasteiger partial charge on any atom is -0.494 e. The zero-order valence-electron chi connectivity index (χ0n) is 24.6. The highest BCUT2D eigenvalue weighted by molar-refractivity contribution is 5.21. The number of aliphatic hydroxyl groups is 1. The second kappa shape index (κ2) is 26.0. The smallest absolute Gasteiger partial charge is 0.119 e. The highest BCUT2D eigenvalue weighted by atomic mass is 16.5. The van der Waals surface area contributed by atoms with Gasteiger partial charge < -0.3 is 19.3 Å². The zero-order valence-corrected chi connectivity index (χ0v) is 24.6. The molecule has 2 aromatic carbocycles. The molecule has 0 heterocycles. The van der Waals surface area contributed by atoms with Gasteiger partial charge in [-0.1, -0.05) is 77.9 Å². The van der Waals surface area contributed by atoms with Gasteiger partial charge in [-0.25, -0.2) is 0 Å². The molecule has 4 heteroatoms. The summed E-state index contributed by atoms with van der Waals surface area (Å²) in [5.74, 6) is 2.68. The number of hydrogen-bond acceptors (Lipinski definition) is 4. The summed E-state index contributed by atoms with van der Waals surface area (Å²) in [4.78, 5) is 0. The van der Waals surface area contributed by atoms with Gasteiger partial charge in [-0.2, -0.15) is 0 Å². The van der Waals surface area contributed by atoms with E-state index in [1.807, 2.05) is 88.4 Å². The largest absolute Gasteiger partial charge is 0.494 e. The van der Waals surface area contributed by atoms with Crippen molar-refractivity contribution in [3.63, 3.8) is 0 Å². The first kappa shape index (κ1) is 36.1. The van der Waals surface area contributed by atoms with Crippen molar-refractivity contribution >= 4 is 0 Å². The summed E-state index contributed by atoms with van der Waals surface area (Å²) in [6.45, 7) is 19.2. The lowest BCUT2D eigenvalue weighted by molar-refractivity contribution is -0.0292. The molecular weight excluding hydrogens is 448 g/mol. The SMILES string of the molecule is CC.CC.CC(C)(CCCO)OCCCCOc1ccccc1.CC(C)CCCOc1ccccc1. The lowest BCUT2D eigenvalue weighted by Gasteiger charge is -2.25. The molecule has 0 spiro atoms. The average molecular weight is 505 g/mol. The Balaban J connectivity index is 0. The van der Waals surface area contributed by atoms with Gasteiger partial charge in [0.25, 0.3) is 0 Å². The molecular formula is C32H56O4. The van der Waals surface area contributed by atoms with Crippen molar-refractivity contribution in [2.75, 3.05) is 26.4 Å². The average Bonchev–Trinajstić information content (AvgIpc) is 2.91. The van der Waals surface area contributed by atoms with Crippen LogP contribution in [0.25, 0.3) is 0 Å². The summed E-state index contributed by atoms with van der Waals surface area (Å²) in [5.41, 5.74) is -0.136. The van der Waals surface area contributed by atoms with Gasteiger partial charge in [-0.05, 0) is 82.6 Å². The molecule has 0 aromatic heterocycles. The molecule has 1 N–H and O–H groups in total. The predicted octanol–water partition coefficient (Wildman–Crippen LogP) is 8.97. The quantitative estimate of drug-likeness (QED) is 0.246. The van der Waals surface area contributed by atoms with Gasteiger partial charge in [0.1, 0.15) is 11.5 Å². The maximum atomic E-state index is 8.81. The molecule has 0 amide bonds. The molecule has 2 rings (SSSR count). The maximum Gasteiger partial charge on any atom is 0.119 e. The van der Waals surface area contributed by atoms with Crippen LogP contribution in [0.15, 0.2) is 60.7 Å². The monoisotopic (exact) mass is 504 g/mol. The van der Waals surface area contributed by atoms with Crippen LogP contribution in [0.3, 0.4) is 0 Å². The van der Waals surface area contributed by atoms with Crippen LogP contribution in [0, 0.1) is 5.92 Å². The molecule has 0 unspecified atom stereocenters. The molecule has 36 heavy (non-hydrogen) atoms. The van der Waals surface area contributed by atoms with E-state index < -0.39 is 0 Å². The molecule has 208 valence electrons. The van der Waals surface area contributed by atoms with E-state index in [0.717, 1.165) is 69.3 Å². The standard InChI is InChI=1S/C16H26O3.C12H18O.2C2H6/c1-16(2,11-8-12-17)19-14-7-6-13-18-15-9-4-3-5-10-15;1-11(2)7-6-10-13-12-8-4-3-5-9-12;2*1-2/h3-5,9-10,17H,6-8,11-14H2,1-2H3;3-5,8-9,11H,6-7,10H2,1-2H3;2*1-2H3. The van der Waals surface area contributed by atoms with Crippen LogP contribution in [-0.4, -0.2) is 37.1 Å². The van der Waals surface area contributed by atoms with Crippen LogP contribution in [0.4, 0.5) is 0 Å². The van der Waals surface area contributed by atoms with Crippen molar-refractivity contribution in [1.29, 1.82) is 0 Å². The molecule has 0 fully saturated rings. The van der Waals surface area contributed by atoms with Crippen LogP contribution in [0.5, 0.6) is 11.5 Å². The first-order chi connectivity index (χ1) is 17.4. The number of benzene rings is 2. The Kier molecular flexibility index (Phi) is 26.1. The van der Waals surface area contributed by atoms with Gasteiger partial charge >= 0.3 is 0 Å². The van der Waals surface area contributed by atoms with Crippen molar-refractivity contribution in [3.05, 3.63) is 60.7 Å². The van der Waals surface area contributed by atoms with Crippen molar-refractivity contribution in [2.45, 2.75) is 99.5 Å². The van der Waals surface area contributed by atoms with E-state index >= 15 is 0 Å². The Bertz CT molecular complexity index is 656. The molecule has 4 nitrogen and oxygen atoms in total. The molecule has 0 aliphatic carbocycles. The van der Waals surface area contributed by atoms with Gasteiger partial charge in [0.2, 0.25) is 0 Å². The van der Waals surface area contributed by atoms with Crippen LogP contribution in [0.1, 0.15) is 93.9 Å². The van der Waals surface area contributed by atoms with Gasteiger partial charge in [-0.15, -0.1) is 0 Å². The Morgan fingerprint density at radius 1 is 0.667 bits per heavy atom. The minimum absolute atomic E-state index is 0.136. The number of ether oxygens (including phenoxy) is 3. The Labute approximate surface area is 223 Å². The number of hydrogen-bond donors (Lipinski definition) is 1. The van der Waals surface area contributed by atoms with Crippen molar-refractivity contribution in [3.8, 4) is 11.5 Å². The lowest BCUT2D eigenvalue weighted by Crippen LogP contribution is -2.25. The fraction of sp³-hybridized carbons (Fsp3) is 0.625. The summed E-state index contributed by atoms with van der Waals surface area (Å²) >= 11 is 0. The van der Waals surface area contributed by atoms with Crippen LogP contribution < -0.4 is 9.47 Å². The van der Waals surface area contributed by atoms with E-state index in [4.69, 9.17) is 19.3 Å². The summed E-state index contributed by atoms with van der Waals surface area (Å²) in [6, 6.07) is 19.9. The first-order valence-corrected chi connectivity index (χ1v) is 14.0. The number of unbranched alkanes of at least 4 members (excludes halogenated alkanes) is 1. The fourth-order valence-electron chi connectivity index (χ4n) is 3.03. The van der Waals surface area contributed by atoms with E-state index in [-0.39, 0.29) is 12.2 Å². The van der Waals surface area contributed by atoms with E-state index in [2.05, 4.69) is 27.7 Å². The third kappa shape index (κ3) is 23.7. The number of rotatable bonds is 15. The Hall–Kier alpha value is -2.04. The summed E-state index contributed by atoms with van der Waals surface area (Å²) < 4.78 is 17.0. The summed E-state index contributed by atoms with van der Waals surface area (Å²) in [6.07, 6.45) is 6.06. The maximum absolute atomic E-state index is 8.81. The van der Waals surface area contributed by atoms with Gasteiger partial charge in [0, 0.05) is 13.2 Å². The molecule has 0 saturated heterocycles. The van der Waals surface area contributed by atoms with E-state index in [1.54, 1.807) is 0 Å². The van der Waals surface area contributed by atoms with E-state index in [9.17, 15) is 0 Å². The van der Waals surface area contributed by atoms with Crippen molar-refractivity contribution < 1.29 is 19.3 Å². The zero-order chi connectivity index (χ0) is 27.5. The van der Waals surface area contributed by atoms with Crippen LogP contribution in [0.2, 0.25) is 0 Å². The van der Waals surface area contributed by atoms with Crippen LogP contribution >= 0.6 is 0 Å². The van der Waals surface area contributed by atoms with E-state index in [0.29, 0.717) is 0 Å². The highest BCUT2D eigenvalue weighted by Gasteiger charge is 2.16. The molecule has 0 bridgehead atoms.